The Labute approximate surface area is 115 Å². The molecule has 0 fully saturated rings. The topological polar surface area (TPSA) is 16.1 Å². The first kappa shape index (κ1) is 13.7. The minimum absolute atomic E-state index is 0.0577. The summed E-state index contributed by atoms with van der Waals surface area (Å²) in [7, 11) is 1.63. The summed E-state index contributed by atoms with van der Waals surface area (Å²) >= 11 is 5.58. The summed E-state index contributed by atoms with van der Waals surface area (Å²) < 4.78 is 27.8. The standard InChI is InChI=1S/C14H13ClF2N2/c1-19(9-10-3-2-4-18-8-10)14-12(16)5-11(7-15)6-13(14)17/h2-6,8H,7,9H2,1H3. The SMILES string of the molecule is CN(Cc1cccnc1)c1c(F)cc(CCl)cc1F. The molecule has 0 bridgehead atoms. The molecule has 0 saturated heterocycles. The van der Waals surface area contributed by atoms with E-state index in [2.05, 4.69) is 4.98 Å². The zero-order chi connectivity index (χ0) is 13.8. The molecule has 1 aromatic carbocycles. The Hall–Kier alpha value is -1.68. The fourth-order valence-corrected chi connectivity index (χ4v) is 2.06. The highest BCUT2D eigenvalue weighted by Gasteiger charge is 2.15. The van der Waals surface area contributed by atoms with Crippen LogP contribution in [0.5, 0.6) is 0 Å². The van der Waals surface area contributed by atoms with Crippen LogP contribution in [0.4, 0.5) is 14.5 Å². The molecule has 0 N–H and O–H groups in total. The van der Waals surface area contributed by atoms with E-state index in [1.54, 1.807) is 25.5 Å². The lowest BCUT2D eigenvalue weighted by Gasteiger charge is -2.21. The van der Waals surface area contributed by atoms with Gasteiger partial charge in [0.05, 0.1) is 0 Å². The number of halogens is 3. The van der Waals surface area contributed by atoms with Crippen molar-refractivity contribution < 1.29 is 8.78 Å². The second-order valence-electron chi connectivity index (χ2n) is 4.26. The van der Waals surface area contributed by atoms with Gasteiger partial charge in [-0.15, -0.1) is 11.6 Å². The summed E-state index contributed by atoms with van der Waals surface area (Å²) in [5.74, 6) is -1.13. The fourth-order valence-electron chi connectivity index (χ4n) is 1.90. The molecule has 0 radical (unpaired) electrons. The number of alkyl halides is 1. The predicted molar refractivity (Wildman–Crippen MR) is 72.3 cm³/mol. The van der Waals surface area contributed by atoms with Gasteiger partial charge < -0.3 is 4.90 Å². The Morgan fingerprint density at radius 1 is 1.21 bits per heavy atom. The highest BCUT2D eigenvalue weighted by Crippen LogP contribution is 2.25. The molecule has 0 aliphatic heterocycles. The summed E-state index contributed by atoms with van der Waals surface area (Å²) in [4.78, 5) is 5.49. The molecule has 0 atom stereocenters. The van der Waals surface area contributed by atoms with E-state index in [1.807, 2.05) is 6.07 Å². The highest BCUT2D eigenvalue weighted by molar-refractivity contribution is 6.17. The van der Waals surface area contributed by atoms with E-state index in [-0.39, 0.29) is 11.6 Å². The van der Waals surface area contributed by atoms with Gasteiger partial charge in [-0.25, -0.2) is 8.78 Å². The average Bonchev–Trinajstić information content (AvgIpc) is 2.38. The Morgan fingerprint density at radius 3 is 2.42 bits per heavy atom. The average molecular weight is 283 g/mol. The van der Waals surface area contributed by atoms with Gasteiger partial charge in [-0.05, 0) is 29.3 Å². The van der Waals surface area contributed by atoms with Crippen LogP contribution in [0.2, 0.25) is 0 Å². The number of rotatable bonds is 4. The van der Waals surface area contributed by atoms with Gasteiger partial charge in [0, 0.05) is 31.9 Å². The summed E-state index contributed by atoms with van der Waals surface area (Å²) in [6.07, 6.45) is 3.32. The maximum atomic E-state index is 13.9. The molecule has 5 heteroatoms. The van der Waals surface area contributed by atoms with E-state index in [9.17, 15) is 8.78 Å². The zero-order valence-electron chi connectivity index (χ0n) is 10.4. The number of anilines is 1. The first-order valence-electron chi connectivity index (χ1n) is 5.75. The Bertz CT molecular complexity index is 538. The Morgan fingerprint density at radius 2 is 1.89 bits per heavy atom. The van der Waals surface area contributed by atoms with E-state index in [1.165, 1.54) is 17.0 Å². The van der Waals surface area contributed by atoms with Gasteiger partial charge in [0.15, 0.2) is 0 Å². The lowest BCUT2D eigenvalue weighted by Crippen LogP contribution is -2.19. The van der Waals surface area contributed by atoms with Crippen molar-refractivity contribution in [2.75, 3.05) is 11.9 Å². The second kappa shape index (κ2) is 5.97. The molecule has 0 unspecified atom stereocenters. The van der Waals surface area contributed by atoms with Crippen molar-refractivity contribution in [3.8, 4) is 0 Å². The molecule has 0 aliphatic carbocycles. The van der Waals surface area contributed by atoms with Crippen molar-refractivity contribution in [1.29, 1.82) is 0 Å². The lowest BCUT2D eigenvalue weighted by molar-refractivity contribution is 0.574. The van der Waals surface area contributed by atoms with Crippen LogP contribution in [0.25, 0.3) is 0 Å². The van der Waals surface area contributed by atoms with Gasteiger partial charge in [-0.2, -0.15) is 0 Å². The van der Waals surface area contributed by atoms with E-state index in [0.29, 0.717) is 12.1 Å². The van der Waals surface area contributed by atoms with Crippen LogP contribution in [0.1, 0.15) is 11.1 Å². The molecule has 0 spiro atoms. The number of benzene rings is 1. The lowest BCUT2D eigenvalue weighted by atomic mass is 10.2. The quantitative estimate of drug-likeness (QED) is 0.794. The van der Waals surface area contributed by atoms with Crippen LogP contribution in [-0.4, -0.2) is 12.0 Å². The minimum Gasteiger partial charge on any atom is -0.365 e. The first-order valence-corrected chi connectivity index (χ1v) is 6.29. The Balaban J connectivity index is 2.26. The van der Waals surface area contributed by atoms with Gasteiger partial charge in [-0.1, -0.05) is 6.07 Å². The summed E-state index contributed by atoms with van der Waals surface area (Å²) in [6, 6.07) is 6.15. The molecule has 2 nitrogen and oxygen atoms in total. The van der Waals surface area contributed by atoms with Crippen LogP contribution in [0, 0.1) is 11.6 Å². The van der Waals surface area contributed by atoms with Crippen molar-refractivity contribution >= 4 is 17.3 Å². The van der Waals surface area contributed by atoms with Crippen molar-refractivity contribution in [1.82, 2.24) is 4.98 Å². The second-order valence-corrected chi connectivity index (χ2v) is 4.53. The van der Waals surface area contributed by atoms with Crippen LogP contribution >= 0.6 is 11.6 Å². The van der Waals surface area contributed by atoms with Crippen molar-refractivity contribution in [2.45, 2.75) is 12.4 Å². The number of aromatic nitrogens is 1. The van der Waals surface area contributed by atoms with Crippen LogP contribution < -0.4 is 4.90 Å². The van der Waals surface area contributed by atoms with Gasteiger partial charge in [0.1, 0.15) is 17.3 Å². The van der Waals surface area contributed by atoms with Crippen molar-refractivity contribution in [3.63, 3.8) is 0 Å². The zero-order valence-corrected chi connectivity index (χ0v) is 11.2. The largest absolute Gasteiger partial charge is 0.365 e. The minimum atomic E-state index is -0.609. The van der Waals surface area contributed by atoms with E-state index < -0.39 is 11.6 Å². The molecule has 0 saturated carbocycles. The third-order valence-electron chi connectivity index (χ3n) is 2.76. The molecule has 2 rings (SSSR count). The van der Waals surface area contributed by atoms with Gasteiger partial charge >= 0.3 is 0 Å². The summed E-state index contributed by atoms with van der Waals surface area (Å²) in [5.41, 5.74) is 1.25. The van der Waals surface area contributed by atoms with Gasteiger partial charge in [0.2, 0.25) is 0 Å². The first-order chi connectivity index (χ1) is 9.11. The number of nitrogens with zero attached hydrogens (tertiary/aromatic N) is 2. The van der Waals surface area contributed by atoms with E-state index >= 15 is 0 Å². The molecule has 2 aromatic rings. The molecule has 1 heterocycles. The third-order valence-corrected chi connectivity index (χ3v) is 3.06. The molecule has 19 heavy (non-hydrogen) atoms. The van der Waals surface area contributed by atoms with Crippen molar-refractivity contribution in [2.24, 2.45) is 0 Å². The smallest absolute Gasteiger partial charge is 0.149 e. The van der Waals surface area contributed by atoms with Crippen molar-refractivity contribution in [3.05, 3.63) is 59.4 Å². The molecular weight excluding hydrogens is 270 g/mol. The molecule has 100 valence electrons. The summed E-state index contributed by atoms with van der Waals surface area (Å²) in [6.45, 7) is 0.377. The molecule has 0 amide bonds. The monoisotopic (exact) mass is 282 g/mol. The van der Waals surface area contributed by atoms with Crippen LogP contribution in [0.15, 0.2) is 36.7 Å². The highest BCUT2D eigenvalue weighted by atomic mass is 35.5. The van der Waals surface area contributed by atoms with Crippen LogP contribution in [0.3, 0.4) is 0 Å². The number of pyridine rings is 1. The maximum absolute atomic E-state index is 13.9. The van der Waals surface area contributed by atoms with Crippen LogP contribution in [-0.2, 0) is 12.4 Å². The number of hydrogen-bond acceptors (Lipinski definition) is 2. The number of hydrogen-bond donors (Lipinski definition) is 0. The maximum Gasteiger partial charge on any atom is 0.149 e. The fraction of sp³-hybridized carbons (Fsp3) is 0.214. The predicted octanol–water partition coefficient (Wildman–Crippen LogP) is 3.74. The summed E-state index contributed by atoms with van der Waals surface area (Å²) in [5, 5.41) is 0. The molecule has 0 aliphatic rings. The normalized spacial score (nSPS) is 10.5. The molecule has 1 aromatic heterocycles. The third kappa shape index (κ3) is 3.20. The molecular formula is C14H13ClF2N2. The van der Waals surface area contributed by atoms with E-state index in [0.717, 1.165) is 5.56 Å². The van der Waals surface area contributed by atoms with Gasteiger partial charge in [-0.3, -0.25) is 4.98 Å². The van der Waals surface area contributed by atoms with E-state index in [4.69, 9.17) is 11.6 Å². The Kier molecular flexibility index (Phi) is 4.32. The van der Waals surface area contributed by atoms with Gasteiger partial charge in [0.25, 0.3) is 0 Å².